The quantitative estimate of drug-likeness (QED) is 0.696. The van der Waals surface area contributed by atoms with E-state index in [1.165, 1.54) is 7.11 Å². The van der Waals surface area contributed by atoms with Gasteiger partial charge in [-0.1, -0.05) is 6.92 Å². The second kappa shape index (κ2) is 6.20. The highest BCUT2D eigenvalue weighted by atomic mass is 16.5. The van der Waals surface area contributed by atoms with E-state index in [0.29, 0.717) is 5.92 Å². The number of carbonyl (C=O) groups excluding carboxylic acids is 1. The Labute approximate surface area is 116 Å². The molecule has 0 bridgehead atoms. The lowest BCUT2D eigenvalue weighted by Gasteiger charge is -2.40. The number of piperazine rings is 1. The fourth-order valence-electron chi connectivity index (χ4n) is 3.12. The highest BCUT2D eigenvalue weighted by Gasteiger charge is 2.51. The predicted octanol–water partition coefficient (Wildman–Crippen LogP) is 0.165. The molecule has 0 amide bonds. The third-order valence-electron chi connectivity index (χ3n) is 4.66. The first-order valence-electron chi connectivity index (χ1n) is 7.38. The van der Waals surface area contributed by atoms with Gasteiger partial charge in [0, 0.05) is 32.7 Å². The Balaban J connectivity index is 1.99. The standard InChI is InChI=1S/C14H27N3O2/c1-4-16-7-9-17(10-8-16)11-14(15-2,12-5-6-12)13(18)19-3/h12,15H,4-11H2,1-3H3. The molecule has 1 aliphatic carbocycles. The van der Waals surface area contributed by atoms with E-state index in [4.69, 9.17) is 4.74 Å². The van der Waals surface area contributed by atoms with Gasteiger partial charge in [-0.15, -0.1) is 0 Å². The van der Waals surface area contributed by atoms with Gasteiger partial charge in [-0.25, -0.2) is 4.79 Å². The maximum absolute atomic E-state index is 12.2. The second-order valence-corrected chi connectivity index (χ2v) is 5.70. The van der Waals surface area contributed by atoms with Crippen molar-refractivity contribution in [2.24, 2.45) is 5.92 Å². The van der Waals surface area contributed by atoms with Gasteiger partial charge in [-0.2, -0.15) is 0 Å². The molecule has 110 valence electrons. The summed E-state index contributed by atoms with van der Waals surface area (Å²) in [4.78, 5) is 17.1. The van der Waals surface area contributed by atoms with Gasteiger partial charge in [0.15, 0.2) is 0 Å². The summed E-state index contributed by atoms with van der Waals surface area (Å²) < 4.78 is 5.05. The molecule has 5 nitrogen and oxygen atoms in total. The number of nitrogens with one attached hydrogen (secondary N) is 1. The van der Waals surface area contributed by atoms with Crippen molar-refractivity contribution in [1.29, 1.82) is 0 Å². The molecule has 0 aromatic rings. The van der Waals surface area contributed by atoms with Crippen molar-refractivity contribution in [3.05, 3.63) is 0 Å². The molecule has 0 aromatic carbocycles. The fourth-order valence-corrected chi connectivity index (χ4v) is 3.12. The highest BCUT2D eigenvalue weighted by molar-refractivity contribution is 5.82. The molecule has 1 saturated carbocycles. The lowest BCUT2D eigenvalue weighted by Crippen LogP contribution is -2.62. The second-order valence-electron chi connectivity index (χ2n) is 5.70. The third-order valence-corrected chi connectivity index (χ3v) is 4.66. The van der Waals surface area contributed by atoms with Gasteiger partial charge in [-0.3, -0.25) is 4.90 Å². The minimum Gasteiger partial charge on any atom is -0.468 e. The summed E-state index contributed by atoms with van der Waals surface area (Å²) in [6.45, 7) is 8.38. The van der Waals surface area contributed by atoms with Gasteiger partial charge >= 0.3 is 5.97 Å². The molecular weight excluding hydrogens is 242 g/mol. The van der Waals surface area contributed by atoms with Crippen LogP contribution in [-0.2, 0) is 9.53 Å². The van der Waals surface area contributed by atoms with E-state index in [1.54, 1.807) is 0 Å². The summed E-state index contributed by atoms with van der Waals surface area (Å²) in [5.74, 6) is 0.338. The normalized spacial score (nSPS) is 25.0. The van der Waals surface area contributed by atoms with Gasteiger partial charge in [0.2, 0.25) is 0 Å². The van der Waals surface area contributed by atoms with E-state index in [0.717, 1.165) is 52.1 Å². The summed E-state index contributed by atoms with van der Waals surface area (Å²) in [5, 5.41) is 3.27. The minimum absolute atomic E-state index is 0.101. The summed E-state index contributed by atoms with van der Waals surface area (Å²) >= 11 is 0. The number of nitrogens with zero attached hydrogens (tertiary/aromatic N) is 2. The van der Waals surface area contributed by atoms with Crippen LogP contribution in [0.5, 0.6) is 0 Å². The van der Waals surface area contributed by atoms with Crippen LogP contribution in [0.2, 0.25) is 0 Å². The first kappa shape index (κ1) is 14.8. The van der Waals surface area contributed by atoms with Crippen molar-refractivity contribution in [2.45, 2.75) is 25.3 Å². The number of hydrogen-bond acceptors (Lipinski definition) is 5. The minimum atomic E-state index is -0.497. The molecule has 1 aliphatic heterocycles. The molecular formula is C14H27N3O2. The van der Waals surface area contributed by atoms with Crippen molar-refractivity contribution < 1.29 is 9.53 Å². The topological polar surface area (TPSA) is 44.8 Å². The van der Waals surface area contributed by atoms with Gasteiger partial charge in [0.25, 0.3) is 0 Å². The zero-order valence-corrected chi connectivity index (χ0v) is 12.4. The van der Waals surface area contributed by atoms with Gasteiger partial charge < -0.3 is 15.0 Å². The number of esters is 1. The smallest absolute Gasteiger partial charge is 0.327 e. The Kier molecular flexibility index (Phi) is 4.81. The van der Waals surface area contributed by atoms with Crippen LogP contribution in [0.25, 0.3) is 0 Å². The SMILES string of the molecule is CCN1CCN(CC(NC)(C(=O)OC)C2CC2)CC1. The number of ether oxygens (including phenoxy) is 1. The van der Waals surface area contributed by atoms with Gasteiger partial charge in [0.05, 0.1) is 7.11 Å². The number of hydrogen-bond donors (Lipinski definition) is 1. The fraction of sp³-hybridized carbons (Fsp3) is 0.929. The highest BCUT2D eigenvalue weighted by Crippen LogP contribution is 2.40. The number of rotatable bonds is 6. The van der Waals surface area contributed by atoms with Crippen molar-refractivity contribution in [2.75, 3.05) is 53.4 Å². The molecule has 2 rings (SSSR count). The molecule has 0 spiro atoms. The Morgan fingerprint density at radius 3 is 2.26 bits per heavy atom. The number of carbonyl (C=O) groups is 1. The molecule has 1 saturated heterocycles. The van der Waals surface area contributed by atoms with Crippen LogP contribution in [-0.4, -0.2) is 74.7 Å². The predicted molar refractivity (Wildman–Crippen MR) is 75.1 cm³/mol. The lowest BCUT2D eigenvalue weighted by molar-refractivity contribution is -0.150. The van der Waals surface area contributed by atoms with E-state index in [2.05, 4.69) is 22.0 Å². The van der Waals surface area contributed by atoms with Crippen LogP contribution in [0, 0.1) is 5.92 Å². The number of methoxy groups -OCH3 is 1. The molecule has 1 unspecified atom stereocenters. The Morgan fingerprint density at radius 2 is 1.84 bits per heavy atom. The van der Waals surface area contributed by atoms with Crippen LogP contribution < -0.4 is 5.32 Å². The monoisotopic (exact) mass is 269 g/mol. The van der Waals surface area contributed by atoms with Crippen molar-refractivity contribution >= 4 is 5.97 Å². The first-order valence-corrected chi connectivity index (χ1v) is 7.38. The Bertz CT molecular complexity index is 312. The molecule has 5 heteroatoms. The average Bonchev–Trinajstić information content (AvgIpc) is 3.29. The first-order chi connectivity index (χ1) is 9.16. The van der Waals surface area contributed by atoms with Gasteiger partial charge in [0.1, 0.15) is 5.54 Å². The molecule has 1 N–H and O–H groups in total. The largest absolute Gasteiger partial charge is 0.468 e. The lowest BCUT2D eigenvalue weighted by atomic mass is 9.92. The number of likely N-dealkylation sites (N-methyl/N-ethyl adjacent to an activating group) is 2. The van der Waals surface area contributed by atoms with Crippen LogP contribution in [0.3, 0.4) is 0 Å². The van der Waals surface area contributed by atoms with E-state index in [1.807, 2.05) is 7.05 Å². The van der Waals surface area contributed by atoms with Crippen LogP contribution in [0.15, 0.2) is 0 Å². The van der Waals surface area contributed by atoms with E-state index in [9.17, 15) is 4.79 Å². The summed E-state index contributed by atoms with van der Waals surface area (Å²) in [6, 6.07) is 0. The summed E-state index contributed by atoms with van der Waals surface area (Å²) in [7, 11) is 3.38. The van der Waals surface area contributed by atoms with Crippen LogP contribution >= 0.6 is 0 Å². The van der Waals surface area contributed by atoms with Crippen molar-refractivity contribution in [1.82, 2.24) is 15.1 Å². The molecule has 0 radical (unpaired) electrons. The zero-order valence-electron chi connectivity index (χ0n) is 12.4. The van der Waals surface area contributed by atoms with Crippen LogP contribution in [0.1, 0.15) is 19.8 Å². The Hall–Kier alpha value is -0.650. The summed E-state index contributed by atoms with van der Waals surface area (Å²) in [6.07, 6.45) is 2.26. The zero-order chi connectivity index (χ0) is 13.9. The summed E-state index contributed by atoms with van der Waals surface area (Å²) in [5.41, 5.74) is -0.497. The van der Waals surface area contributed by atoms with Gasteiger partial charge in [-0.05, 0) is 32.4 Å². The molecule has 0 aromatic heterocycles. The molecule has 2 fully saturated rings. The van der Waals surface area contributed by atoms with Crippen molar-refractivity contribution in [3.63, 3.8) is 0 Å². The van der Waals surface area contributed by atoms with E-state index < -0.39 is 5.54 Å². The maximum atomic E-state index is 12.2. The molecule has 1 heterocycles. The maximum Gasteiger partial charge on any atom is 0.327 e. The molecule has 19 heavy (non-hydrogen) atoms. The molecule has 2 aliphatic rings. The van der Waals surface area contributed by atoms with E-state index in [-0.39, 0.29) is 5.97 Å². The van der Waals surface area contributed by atoms with Crippen LogP contribution in [0.4, 0.5) is 0 Å². The average molecular weight is 269 g/mol. The Morgan fingerprint density at radius 1 is 1.26 bits per heavy atom. The van der Waals surface area contributed by atoms with Crippen molar-refractivity contribution in [3.8, 4) is 0 Å². The molecule has 1 atom stereocenters. The third kappa shape index (κ3) is 3.09. The van der Waals surface area contributed by atoms with E-state index >= 15 is 0 Å².